The van der Waals surface area contributed by atoms with Gasteiger partial charge in [-0.3, -0.25) is 9.35 Å². The Morgan fingerprint density at radius 2 is 1.23 bits per heavy atom. The van der Waals surface area contributed by atoms with Crippen LogP contribution in [0.1, 0.15) is 117 Å². The van der Waals surface area contributed by atoms with E-state index in [1.165, 1.54) is 0 Å². The van der Waals surface area contributed by atoms with Gasteiger partial charge in [0.05, 0.1) is 17.9 Å². The number of allylic oxidation sites excluding steroid dienone is 10. The number of aliphatic hydroxyl groups excluding tert-OH is 1. The number of amides is 1. The molecule has 0 bridgehead atoms. The highest BCUT2D eigenvalue weighted by Crippen LogP contribution is 2.12. The predicted octanol–water partition coefficient (Wildman–Crippen LogP) is 7.78. The highest BCUT2D eigenvalue weighted by Gasteiger charge is 2.25. The number of unbranched alkanes of at least 4 members (excludes halogenated alkanes) is 7. The summed E-state index contributed by atoms with van der Waals surface area (Å²) in [4.78, 5) is 12.3. The summed E-state index contributed by atoms with van der Waals surface area (Å²) in [6, 6.07) is -0.986. The number of aliphatic hydroxyl groups is 1. The monoisotopic (exact) mass is 565 g/mol. The van der Waals surface area contributed by atoms with Crippen LogP contribution in [0, 0.1) is 0 Å². The smallest absolute Gasteiger partial charge is 0.266 e. The molecule has 0 saturated heterocycles. The number of carbonyl (C=O) groups excluding carboxylic acids is 1. The molecular weight excluding hydrogens is 510 g/mol. The van der Waals surface area contributed by atoms with Gasteiger partial charge in [-0.05, 0) is 57.8 Å². The van der Waals surface area contributed by atoms with Crippen LogP contribution in [0.2, 0.25) is 0 Å². The molecule has 2 unspecified atom stereocenters. The molecule has 0 aliphatic heterocycles. The first-order chi connectivity index (χ1) is 18.8. The second-order valence-electron chi connectivity index (χ2n) is 10.0. The maximum atomic E-state index is 12.3. The Hall–Kier alpha value is -1.96. The van der Waals surface area contributed by atoms with Crippen LogP contribution in [-0.4, -0.2) is 41.9 Å². The van der Waals surface area contributed by atoms with Crippen molar-refractivity contribution in [2.45, 2.75) is 129 Å². The molecule has 0 rings (SSSR count). The Kier molecular flexibility index (Phi) is 25.0. The lowest BCUT2D eigenvalue weighted by Gasteiger charge is -2.23. The quantitative estimate of drug-likeness (QED) is 0.0596. The van der Waals surface area contributed by atoms with E-state index in [0.717, 1.165) is 83.5 Å². The Morgan fingerprint density at radius 3 is 1.77 bits per heavy atom. The molecule has 0 aromatic rings. The molecule has 2 atom stereocenters. The maximum Gasteiger partial charge on any atom is 0.266 e. The highest BCUT2D eigenvalue weighted by molar-refractivity contribution is 7.85. The van der Waals surface area contributed by atoms with Gasteiger partial charge in [-0.1, -0.05) is 113 Å². The minimum absolute atomic E-state index is 0.275. The number of carbonyl (C=O) groups is 1. The van der Waals surface area contributed by atoms with E-state index in [9.17, 15) is 22.9 Å². The Bertz CT molecular complexity index is 843. The van der Waals surface area contributed by atoms with Crippen LogP contribution in [0.4, 0.5) is 0 Å². The third-order valence-electron chi connectivity index (χ3n) is 6.24. The second kappa shape index (κ2) is 26.3. The van der Waals surface area contributed by atoms with Crippen LogP contribution in [0.15, 0.2) is 60.8 Å². The molecule has 0 heterocycles. The summed E-state index contributed by atoms with van der Waals surface area (Å²) in [6.07, 6.45) is 34.9. The summed E-state index contributed by atoms with van der Waals surface area (Å²) in [5.74, 6) is -0.956. The third kappa shape index (κ3) is 27.4. The van der Waals surface area contributed by atoms with E-state index in [1.807, 2.05) is 0 Å². The van der Waals surface area contributed by atoms with Gasteiger partial charge in [0.25, 0.3) is 10.1 Å². The van der Waals surface area contributed by atoms with Gasteiger partial charge >= 0.3 is 0 Å². The van der Waals surface area contributed by atoms with E-state index >= 15 is 0 Å². The van der Waals surface area contributed by atoms with Crippen molar-refractivity contribution in [1.82, 2.24) is 5.32 Å². The van der Waals surface area contributed by atoms with Crippen LogP contribution in [-0.2, 0) is 14.9 Å². The van der Waals surface area contributed by atoms with Gasteiger partial charge in [0.15, 0.2) is 0 Å². The average Bonchev–Trinajstić information content (AvgIpc) is 2.88. The standard InChI is InChI=1S/C32H55NO5S/c1-3-5-7-9-10-11-12-13-14-15-16-17-18-19-20-21-22-24-26-28-32(35)33-30(29-39(36,37)38)31(34)27-25-23-8-6-4-2/h5,7,10-11,13-14,16-17,19-20,30-31,34H,3-4,6,8-9,12,15,18,21-29H2,1-2H3,(H,33,35)(H,36,37,38)/b7-5-,11-10-,14-13-,17-16-,20-19-. The van der Waals surface area contributed by atoms with Crippen molar-refractivity contribution in [3.63, 3.8) is 0 Å². The van der Waals surface area contributed by atoms with E-state index in [4.69, 9.17) is 0 Å². The SMILES string of the molecule is CC/C=C\C/C=C\C/C=C\C/C=C\C/C=C\CCCCCC(=O)NC(CS(=O)(=O)O)C(O)CCCCCCC. The molecule has 0 aromatic heterocycles. The molecular formula is C32H55NO5S. The lowest BCUT2D eigenvalue weighted by atomic mass is 10.0. The van der Waals surface area contributed by atoms with Crippen molar-refractivity contribution in [3.05, 3.63) is 60.8 Å². The second-order valence-corrected chi connectivity index (χ2v) is 11.5. The first-order valence-electron chi connectivity index (χ1n) is 15.0. The molecule has 224 valence electrons. The maximum absolute atomic E-state index is 12.3. The van der Waals surface area contributed by atoms with Gasteiger partial charge < -0.3 is 10.4 Å². The zero-order valence-corrected chi connectivity index (χ0v) is 25.3. The van der Waals surface area contributed by atoms with E-state index in [1.54, 1.807) is 0 Å². The fraction of sp³-hybridized carbons (Fsp3) is 0.656. The van der Waals surface area contributed by atoms with Crippen molar-refractivity contribution in [2.75, 3.05) is 5.75 Å². The first kappa shape index (κ1) is 37.0. The van der Waals surface area contributed by atoms with Crippen LogP contribution in [0.3, 0.4) is 0 Å². The zero-order valence-electron chi connectivity index (χ0n) is 24.5. The molecule has 7 heteroatoms. The number of hydrogen-bond donors (Lipinski definition) is 3. The van der Waals surface area contributed by atoms with Gasteiger partial charge in [0.2, 0.25) is 5.91 Å². The van der Waals surface area contributed by atoms with Crippen LogP contribution in [0.25, 0.3) is 0 Å². The van der Waals surface area contributed by atoms with Gasteiger partial charge in [0.1, 0.15) is 0 Å². The predicted molar refractivity (Wildman–Crippen MR) is 165 cm³/mol. The zero-order chi connectivity index (χ0) is 29.0. The van der Waals surface area contributed by atoms with E-state index in [-0.39, 0.29) is 12.3 Å². The lowest BCUT2D eigenvalue weighted by molar-refractivity contribution is -0.122. The van der Waals surface area contributed by atoms with Crippen molar-refractivity contribution in [2.24, 2.45) is 0 Å². The molecule has 6 nitrogen and oxygen atoms in total. The Labute approximate surface area is 239 Å². The summed E-state index contributed by atoms with van der Waals surface area (Å²) in [5, 5.41) is 13.0. The molecule has 1 amide bonds. The Morgan fingerprint density at radius 1 is 0.718 bits per heavy atom. The average molecular weight is 566 g/mol. The van der Waals surface area contributed by atoms with Gasteiger partial charge in [0, 0.05) is 6.42 Å². The number of hydrogen-bond acceptors (Lipinski definition) is 4. The van der Waals surface area contributed by atoms with Crippen LogP contribution < -0.4 is 5.32 Å². The topological polar surface area (TPSA) is 104 Å². The molecule has 0 fully saturated rings. The van der Waals surface area contributed by atoms with Gasteiger partial charge in [-0.2, -0.15) is 8.42 Å². The number of rotatable bonds is 25. The first-order valence-corrected chi connectivity index (χ1v) is 16.6. The van der Waals surface area contributed by atoms with E-state index in [2.05, 4.69) is 79.9 Å². The highest BCUT2D eigenvalue weighted by atomic mass is 32.2. The van der Waals surface area contributed by atoms with Crippen molar-refractivity contribution in [1.29, 1.82) is 0 Å². The lowest BCUT2D eigenvalue weighted by Crippen LogP contribution is -2.47. The molecule has 39 heavy (non-hydrogen) atoms. The molecule has 3 N–H and O–H groups in total. The fourth-order valence-corrected chi connectivity index (χ4v) is 4.77. The third-order valence-corrected chi connectivity index (χ3v) is 7.02. The fourth-order valence-electron chi connectivity index (χ4n) is 4.01. The summed E-state index contributed by atoms with van der Waals surface area (Å²) in [6.45, 7) is 4.26. The molecule has 0 radical (unpaired) electrons. The minimum atomic E-state index is -4.30. The summed E-state index contributed by atoms with van der Waals surface area (Å²) >= 11 is 0. The molecule has 0 saturated carbocycles. The van der Waals surface area contributed by atoms with Gasteiger partial charge in [-0.25, -0.2) is 0 Å². The van der Waals surface area contributed by atoms with Gasteiger partial charge in [-0.15, -0.1) is 0 Å². The van der Waals surface area contributed by atoms with Crippen molar-refractivity contribution >= 4 is 16.0 Å². The van der Waals surface area contributed by atoms with E-state index in [0.29, 0.717) is 12.8 Å². The van der Waals surface area contributed by atoms with Crippen LogP contribution in [0.5, 0.6) is 0 Å². The van der Waals surface area contributed by atoms with Crippen molar-refractivity contribution < 1.29 is 22.9 Å². The molecule has 0 aliphatic rings. The normalized spacial score (nSPS) is 14.5. The summed E-state index contributed by atoms with van der Waals surface area (Å²) in [7, 11) is -4.30. The van der Waals surface area contributed by atoms with Crippen LogP contribution >= 0.6 is 0 Å². The molecule has 0 aromatic carbocycles. The molecule has 0 spiro atoms. The summed E-state index contributed by atoms with van der Waals surface area (Å²) < 4.78 is 31.9. The Balaban J connectivity index is 4.01. The minimum Gasteiger partial charge on any atom is -0.391 e. The number of nitrogens with one attached hydrogen (secondary N) is 1. The van der Waals surface area contributed by atoms with Crippen molar-refractivity contribution in [3.8, 4) is 0 Å². The summed E-state index contributed by atoms with van der Waals surface area (Å²) in [5.41, 5.74) is 0. The molecule has 0 aliphatic carbocycles. The largest absolute Gasteiger partial charge is 0.391 e. The van der Waals surface area contributed by atoms with E-state index < -0.39 is 28.0 Å².